The van der Waals surface area contributed by atoms with Gasteiger partial charge in [0.25, 0.3) is 0 Å². The number of aromatic nitrogens is 2. The Morgan fingerprint density at radius 3 is 2.52 bits per heavy atom. The van der Waals surface area contributed by atoms with Crippen LogP contribution in [0, 0.1) is 18.8 Å². The predicted octanol–water partition coefficient (Wildman–Crippen LogP) is 4.28. The van der Waals surface area contributed by atoms with Crippen molar-refractivity contribution < 1.29 is 0 Å². The van der Waals surface area contributed by atoms with E-state index < -0.39 is 0 Å². The molecule has 1 aliphatic carbocycles. The summed E-state index contributed by atoms with van der Waals surface area (Å²) in [4.78, 5) is 11.5. The van der Waals surface area contributed by atoms with E-state index in [1.165, 1.54) is 24.1 Å². The number of hydrogen-bond acceptors (Lipinski definition) is 5. The summed E-state index contributed by atoms with van der Waals surface area (Å²) in [7, 11) is 1.87. The smallest absolute Gasteiger partial charge is 0.225 e. The number of anilines is 2. The molecule has 0 saturated heterocycles. The van der Waals surface area contributed by atoms with Gasteiger partial charge in [0.2, 0.25) is 5.95 Å². The molecule has 0 spiro atoms. The molecule has 0 aliphatic heterocycles. The maximum absolute atomic E-state index is 4.65. The van der Waals surface area contributed by atoms with Gasteiger partial charge in [-0.15, -0.1) is 11.3 Å². The lowest BCUT2D eigenvalue weighted by Crippen LogP contribution is -2.30. The van der Waals surface area contributed by atoms with Crippen LogP contribution in [0.4, 0.5) is 11.8 Å². The van der Waals surface area contributed by atoms with Crippen molar-refractivity contribution in [3.05, 3.63) is 10.9 Å². The summed E-state index contributed by atoms with van der Waals surface area (Å²) in [6.07, 6.45) is 3.80. The highest BCUT2D eigenvalue weighted by Gasteiger charge is 2.25. The molecule has 114 valence electrons. The van der Waals surface area contributed by atoms with Gasteiger partial charge in [-0.25, -0.2) is 4.98 Å². The Bertz CT molecular complexity index is 626. The maximum atomic E-state index is 4.65. The van der Waals surface area contributed by atoms with E-state index in [0.29, 0.717) is 12.0 Å². The van der Waals surface area contributed by atoms with Gasteiger partial charge >= 0.3 is 0 Å². The molecule has 5 heteroatoms. The molecule has 0 amide bonds. The first-order valence-corrected chi connectivity index (χ1v) is 8.59. The molecule has 1 fully saturated rings. The highest BCUT2D eigenvalue weighted by atomic mass is 32.1. The van der Waals surface area contributed by atoms with Crippen molar-refractivity contribution in [2.45, 2.75) is 46.1 Å². The topological polar surface area (TPSA) is 49.8 Å². The molecular formula is C16H24N4S. The van der Waals surface area contributed by atoms with E-state index in [9.17, 15) is 0 Å². The molecule has 3 rings (SSSR count). The average molecular weight is 304 g/mol. The molecule has 2 atom stereocenters. The molecule has 0 bridgehead atoms. The molecule has 0 radical (unpaired) electrons. The van der Waals surface area contributed by atoms with Crippen LogP contribution in [0.25, 0.3) is 10.2 Å². The van der Waals surface area contributed by atoms with Gasteiger partial charge in [0.05, 0.1) is 5.39 Å². The summed E-state index contributed by atoms with van der Waals surface area (Å²) in [5.74, 6) is 3.26. The quantitative estimate of drug-likeness (QED) is 0.888. The molecule has 1 aliphatic rings. The normalized spacial score (nSPS) is 26.0. The van der Waals surface area contributed by atoms with Crippen molar-refractivity contribution in [1.82, 2.24) is 9.97 Å². The number of hydrogen-bond donors (Lipinski definition) is 2. The van der Waals surface area contributed by atoms with E-state index in [-0.39, 0.29) is 0 Å². The fraction of sp³-hybridized carbons (Fsp3) is 0.625. The lowest BCUT2D eigenvalue weighted by Gasteiger charge is -2.32. The molecule has 2 N–H and O–H groups in total. The van der Waals surface area contributed by atoms with Gasteiger partial charge in [0, 0.05) is 18.0 Å². The van der Waals surface area contributed by atoms with Crippen molar-refractivity contribution in [2.24, 2.45) is 11.8 Å². The minimum absolute atomic E-state index is 0.520. The lowest BCUT2D eigenvalue weighted by molar-refractivity contribution is 0.280. The number of rotatable bonds is 3. The Morgan fingerprint density at radius 2 is 1.86 bits per heavy atom. The minimum Gasteiger partial charge on any atom is -0.367 e. The van der Waals surface area contributed by atoms with Crippen LogP contribution in [-0.4, -0.2) is 23.1 Å². The largest absolute Gasteiger partial charge is 0.367 e. The van der Waals surface area contributed by atoms with E-state index in [0.717, 1.165) is 27.9 Å². The van der Waals surface area contributed by atoms with Crippen LogP contribution < -0.4 is 10.6 Å². The van der Waals surface area contributed by atoms with Gasteiger partial charge in [-0.05, 0) is 44.1 Å². The van der Waals surface area contributed by atoms with Crippen LogP contribution in [0.5, 0.6) is 0 Å². The Balaban J connectivity index is 1.91. The van der Waals surface area contributed by atoms with Gasteiger partial charge < -0.3 is 10.6 Å². The third-order valence-corrected chi connectivity index (χ3v) is 5.20. The minimum atomic E-state index is 0.520. The number of fused-ring (bicyclic) bond motifs is 1. The third-order valence-electron chi connectivity index (χ3n) is 4.26. The van der Waals surface area contributed by atoms with Crippen molar-refractivity contribution in [2.75, 3.05) is 17.7 Å². The third kappa shape index (κ3) is 3.12. The van der Waals surface area contributed by atoms with Gasteiger partial charge in [-0.2, -0.15) is 4.98 Å². The second kappa shape index (κ2) is 5.79. The van der Waals surface area contributed by atoms with Gasteiger partial charge in [0.15, 0.2) is 0 Å². The Hall–Kier alpha value is -1.36. The lowest BCUT2D eigenvalue weighted by atomic mass is 9.80. The number of nitrogens with zero attached hydrogens (tertiary/aromatic N) is 2. The summed E-state index contributed by atoms with van der Waals surface area (Å²) in [5.41, 5.74) is 0. The van der Waals surface area contributed by atoms with E-state index in [1.807, 2.05) is 7.05 Å². The zero-order valence-electron chi connectivity index (χ0n) is 13.2. The van der Waals surface area contributed by atoms with E-state index in [4.69, 9.17) is 0 Å². The standard InChI is InChI=1S/C16H24N4S/c1-9-5-10(2)7-12(6-9)18-14-13-8-11(3)21-15(13)20-16(17-4)19-14/h8-10,12H,5-7H2,1-4H3,(H2,17,18,19,20). The van der Waals surface area contributed by atoms with E-state index in [1.54, 1.807) is 11.3 Å². The van der Waals surface area contributed by atoms with Crippen LogP contribution in [0.3, 0.4) is 0 Å². The highest BCUT2D eigenvalue weighted by molar-refractivity contribution is 7.18. The molecule has 2 unspecified atom stereocenters. The number of thiophene rings is 1. The monoisotopic (exact) mass is 304 g/mol. The molecule has 2 aromatic heterocycles. The summed E-state index contributed by atoms with van der Waals surface area (Å²) in [6.45, 7) is 6.83. The first kappa shape index (κ1) is 14.6. The Labute approximate surface area is 130 Å². The second-order valence-electron chi connectivity index (χ2n) is 6.48. The van der Waals surface area contributed by atoms with Crippen LogP contribution >= 0.6 is 11.3 Å². The zero-order valence-corrected chi connectivity index (χ0v) is 14.0. The van der Waals surface area contributed by atoms with Gasteiger partial charge in [-0.3, -0.25) is 0 Å². The molecule has 21 heavy (non-hydrogen) atoms. The molecule has 2 aromatic rings. The molecule has 2 heterocycles. The summed E-state index contributed by atoms with van der Waals surface area (Å²) in [6, 6.07) is 2.71. The van der Waals surface area contributed by atoms with Crippen molar-refractivity contribution in [3.63, 3.8) is 0 Å². The van der Waals surface area contributed by atoms with Crippen molar-refractivity contribution >= 4 is 33.3 Å². The number of aryl methyl sites for hydroxylation is 1. The maximum Gasteiger partial charge on any atom is 0.225 e. The van der Waals surface area contributed by atoms with E-state index >= 15 is 0 Å². The molecule has 4 nitrogen and oxygen atoms in total. The van der Waals surface area contributed by atoms with Crippen LogP contribution in [-0.2, 0) is 0 Å². The van der Waals surface area contributed by atoms with Gasteiger partial charge in [-0.1, -0.05) is 13.8 Å². The van der Waals surface area contributed by atoms with E-state index in [2.05, 4.69) is 47.4 Å². The first-order chi connectivity index (χ1) is 10.0. The fourth-order valence-corrected chi connectivity index (χ4v) is 4.40. The fourth-order valence-electron chi connectivity index (χ4n) is 3.52. The van der Waals surface area contributed by atoms with Crippen molar-refractivity contribution in [1.29, 1.82) is 0 Å². The average Bonchev–Trinajstić information content (AvgIpc) is 2.78. The molecule has 0 aromatic carbocycles. The second-order valence-corrected chi connectivity index (χ2v) is 7.72. The highest BCUT2D eigenvalue weighted by Crippen LogP contribution is 2.34. The van der Waals surface area contributed by atoms with Crippen LogP contribution in [0.15, 0.2) is 6.07 Å². The Morgan fingerprint density at radius 1 is 1.14 bits per heavy atom. The van der Waals surface area contributed by atoms with Gasteiger partial charge in [0.1, 0.15) is 10.6 Å². The number of nitrogens with one attached hydrogen (secondary N) is 2. The SMILES string of the molecule is CNc1nc(NC2CC(C)CC(C)C2)c2cc(C)sc2n1. The summed E-state index contributed by atoms with van der Waals surface area (Å²) in [5, 5.41) is 7.91. The van der Waals surface area contributed by atoms with Crippen LogP contribution in [0.2, 0.25) is 0 Å². The summed E-state index contributed by atoms with van der Waals surface area (Å²) < 4.78 is 0. The zero-order chi connectivity index (χ0) is 15.0. The molecular weight excluding hydrogens is 280 g/mol. The summed E-state index contributed by atoms with van der Waals surface area (Å²) >= 11 is 1.73. The Kier molecular flexibility index (Phi) is 4.02. The predicted molar refractivity (Wildman–Crippen MR) is 91.3 cm³/mol. The van der Waals surface area contributed by atoms with Crippen LogP contribution in [0.1, 0.15) is 38.0 Å². The first-order valence-electron chi connectivity index (χ1n) is 7.77. The van der Waals surface area contributed by atoms with Crippen molar-refractivity contribution in [3.8, 4) is 0 Å². The molecule has 1 saturated carbocycles.